The number of rotatable bonds is 12. The molecule has 0 aliphatic carbocycles. The third-order valence-corrected chi connectivity index (χ3v) is 3.95. The lowest BCUT2D eigenvalue weighted by Crippen LogP contribution is -2.47. The van der Waals surface area contributed by atoms with Gasteiger partial charge in [-0.1, -0.05) is 12.1 Å². The fraction of sp³-hybridized carbons (Fsp3) is 0.471. The van der Waals surface area contributed by atoms with Crippen LogP contribution in [0.1, 0.15) is 24.8 Å². The molecule has 0 heterocycles. The zero-order chi connectivity index (χ0) is 20.1. The van der Waals surface area contributed by atoms with Gasteiger partial charge in [0.25, 0.3) is 0 Å². The highest BCUT2D eigenvalue weighted by Crippen LogP contribution is 2.13. The van der Waals surface area contributed by atoms with E-state index in [1.165, 1.54) is 0 Å². The molecule has 0 saturated carbocycles. The van der Waals surface area contributed by atoms with Gasteiger partial charge in [-0.05, 0) is 37.0 Å². The second-order valence-corrected chi connectivity index (χ2v) is 5.99. The summed E-state index contributed by atoms with van der Waals surface area (Å²) in [4.78, 5) is 33.3. The molecule has 0 aliphatic heterocycles. The average molecular weight is 399 g/mol. The summed E-state index contributed by atoms with van der Waals surface area (Å²) in [5, 5.41) is 24.3. The van der Waals surface area contributed by atoms with Crippen LogP contribution in [0.25, 0.3) is 0 Å². The van der Waals surface area contributed by atoms with Crippen molar-refractivity contribution in [2.24, 2.45) is 0 Å². The highest BCUT2D eigenvalue weighted by atomic mass is 32.1. The van der Waals surface area contributed by atoms with Gasteiger partial charge in [-0.3, -0.25) is 4.79 Å². The Labute approximate surface area is 162 Å². The van der Waals surface area contributed by atoms with Crippen molar-refractivity contribution in [3.8, 4) is 5.75 Å². The molecule has 1 atom stereocenters. The third-order valence-electron chi connectivity index (χ3n) is 3.59. The quantitative estimate of drug-likeness (QED) is 0.234. The van der Waals surface area contributed by atoms with E-state index in [0.29, 0.717) is 24.3 Å². The first-order valence-corrected chi connectivity index (χ1v) is 9.12. The number of carbonyl (C=O) groups is 3. The standard InChI is InChI=1S/C17H25N3O6S/c21-15(14(20-17(24)25)3-1-2-8-19-16(22)23)18-9-10-26-13-6-4-12(11-27)5-7-13/h4-7,14,19-20,27H,1-3,8-11H2,(H,18,21)(H,22,23)(H,24,25). The first-order valence-electron chi connectivity index (χ1n) is 8.49. The Kier molecular flexibility index (Phi) is 10.5. The molecule has 0 saturated heterocycles. The van der Waals surface area contributed by atoms with Crippen molar-refractivity contribution < 1.29 is 29.3 Å². The second-order valence-electron chi connectivity index (χ2n) is 5.67. The van der Waals surface area contributed by atoms with Crippen LogP contribution in [0.15, 0.2) is 24.3 Å². The summed E-state index contributed by atoms with van der Waals surface area (Å²) in [5.41, 5.74) is 1.07. The third kappa shape index (κ3) is 10.2. The minimum atomic E-state index is -1.29. The van der Waals surface area contributed by atoms with E-state index in [1.54, 1.807) is 0 Å². The van der Waals surface area contributed by atoms with Crippen LogP contribution in [0.3, 0.4) is 0 Å². The SMILES string of the molecule is O=C(O)NCCCCC(NC(=O)O)C(=O)NCCOc1ccc(CS)cc1. The van der Waals surface area contributed by atoms with E-state index in [9.17, 15) is 14.4 Å². The first kappa shape index (κ1) is 22.4. The lowest BCUT2D eigenvalue weighted by atomic mass is 10.1. The maximum absolute atomic E-state index is 12.1. The van der Waals surface area contributed by atoms with Crippen LogP contribution in [-0.4, -0.2) is 54.0 Å². The van der Waals surface area contributed by atoms with Crippen molar-refractivity contribution in [3.05, 3.63) is 29.8 Å². The van der Waals surface area contributed by atoms with Crippen LogP contribution in [-0.2, 0) is 10.5 Å². The van der Waals surface area contributed by atoms with Crippen LogP contribution >= 0.6 is 12.6 Å². The maximum Gasteiger partial charge on any atom is 0.405 e. The average Bonchev–Trinajstić information content (AvgIpc) is 2.63. The summed E-state index contributed by atoms with van der Waals surface area (Å²) in [5.74, 6) is 0.860. The molecule has 0 aromatic heterocycles. The van der Waals surface area contributed by atoms with Crippen molar-refractivity contribution in [2.45, 2.75) is 31.1 Å². The minimum Gasteiger partial charge on any atom is -0.492 e. The number of unbranched alkanes of at least 4 members (excludes halogenated alkanes) is 1. The van der Waals surface area contributed by atoms with Gasteiger partial charge in [0.05, 0.1) is 6.54 Å². The molecule has 1 unspecified atom stereocenters. The number of thiol groups is 1. The Morgan fingerprint density at radius 1 is 1.00 bits per heavy atom. The van der Waals surface area contributed by atoms with Crippen LogP contribution < -0.4 is 20.7 Å². The van der Waals surface area contributed by atoms with Crippen LogP contribution in [0.5, 0.6) is 5.75 Å². The van der Waals surface area contributed by atoms with Gasteiger partial charge in [-0.2, -0.15) is 12.6 Å². The number of amides is 3. The molecule has 9 nitrogen and oxygen atoms in total. The highest BCUT2D eigenvalue weighted by Gasteiger charge is 2.19. The number of hydrogen-bond donors (Lipinski definition) is 6. The summed E-state index contributed by atoms with van der Waals surface area (Å²) in [6, 6.07) is 6.52. The smallest absolute Gasteiger partial charge is 0.405 e. The zero-order valence-electron chi connectivity index (χ0n) is 14.8. The molecule has 0 radical (unpaired) electrons. The van der Waals surface area contributed by atoms with Gasteiger partial charge < -0.3 is 30.9 Å². The van der Waals surface area contributed by atoms with Gasteiger partial charge in [0.2, 0.25) is 5.91 Å². The summed E-state index contributed by atoms with van der Waals surface area (Å²) in [6.45, 7) is 0.719. The molecule has 150 valence electrons. The number of benzene rings is 1. The Morgan fingerprint density at radius 3 is 2.30 bits per heavy atom. The first-order chi connectivity index (χ1) is 12.9. The predicted octanol–water partition coefficient (Wildman–Crippen LogP) is 1.69. The van der Waals surface area contributed by atoms with Gasteiger partial charge >= 0.3 is 12.2 Å². The Hall–Kier alpha value is -2.62. The molecule has 0 bridgehead atoms. The molecule has 3 amide bonds. The van der Waals surface area contributed by atoms with E-state index in [1.807, 2.05) is 24.3 Å². The molecule has 0 spiro atoms. The van der Waals surface area contributed by atoms with Gasteiger partial charge in [0.1, 0.15) is 18.4 Å². The highest BCUT2D eigenvalue weighted by molar-refractivity contribution is 7.79. The zero-order valence-corrected chi connectivity index (χ0v) is 15.7. The van der Waals surface area contributed by atoms with E-state index in [4.69, 9.17) is 14.9 Å². The van der Waals surface area contributed by atoms with Crippen molar-refractivity contribution in [1.29, 1.82) is 0 Å². The maximum atomic E-state index is 12.1. The molecule has 27 heavy (non-hydrogen) atoms. The molecule has 0 aliphatic rings. The molecular formula is C17H25N3O6S. The van der Waals surface area contributed by atoms with Crippen molar-refractivity contribution in [1.82, 2.24) is 16.0 Å². The molecule has 1 aromatic rings. The van der Waals surface area contributed by atoms with E-state index in [2.05, 4.69) is 28.6 Å². The van der Waals surface area contributed by atoms with Crippen LogP contribution in [0.2, 0.25) is 0 Å². The Morgan fingerprint density at radius 2 is 1.70 bits per heavy atom. The fourth-order valence-corrected chi connectivity index (χ4v) is 2.45. The van der Waals surface area contributed by atoms with Crippen LogP contribution in [0.4, 0.5) is 9.59 Å². The van der Waals surface area contributed by atoms with E-state index < -0.39 is 24.1 Å². The molecule has 1 rings (SSSR count). The summed E-state index contributed by atoms with van der Waals surface area (Å²) in [6.07, 6.45) is -1.14. The Balaban J connectivity index is 2.32. The largest absolute Gasteiger partial charge is 0.492 e. The van der Waals surface area contributed by atoms with Gasteiger partial charge in [0.15, 0.2) is 0 Å². The Bertz CT molecular complexity index is 611. The fourth-order valence-electron chi connectivity index (χ4n) is 2.24. The van der Waals surface area contributed by atoms with E-state index in [-0.39, 0.29) is 26.1 Å². The van der Waals surface area contributed by atoms with Gasteiger partial charge in [-0.15, -0.1) is 0 Å². The van der Waals surface area contributed by atoms with Crippen molar-refractivity contribution in [2.75, 3.05) is 19.7 Å². The summed E-state index contributed by atoms with van der Waals surface area (Å²) in [7, 11) is 0. The second kappa shape index (κ2) is 12.7. The van der Waals surface area contributed by atoms with E-state index in [0.717, 1.165) is 5.56 Å². The number of hydrogen-bond acceptors (Lipinski definition) is 5. The van der Waals surface area contributed by atoms with Gasteiger partial charge in [0, 0.05) is 12.3 Å². The molecule has 5 N–H and O–H groups in total. The topological polar surface area (TPSA) is 137 Å². The molecule has 10 heteroatoms. The van der Waals surface area contributed by atoms with Crippen molar-refractivity contribution in [3.63, 3.8) is 0 Å². The lowest BCUT2D eigenvalue weighted by molar-refractivity contribution is -0.123. The number of carboxylic acid groups (broad SMARTS) is 2. The minimum absolute atomic E-state index is 0.228. The number of ether oxygens (including phenoxy) is 1. The predicted molar refractivity (Wildman–Crippen MR) is 102 cm³/mol. The molecule has 0 fully saturated rings. The normalized spacial score (nSPS) is 11.3. The number of nitrogens with one attached hydrogen (secondary N) is 3. The van der Waals surface area contributed by atoms with Crippen LogP contribution in [0, 0.1) is 0 Å². The van der Waals surface area contributed by atoms with Crippen molar-refractivity contribution >= 4 is 30.7 Å². The summed E-state index contributed by atoms with van der Waals surface area (Å²) >= 11 is 4.17. The lowest BCUT2D eigenvalue weighted by Gasteiger charge is -2.17. The van der Waals surface area contributed by atoms with Gasteiger partial charge in [-0.25, -0.2) is 9.59 Å². The van der Waals surface area contributed by atoms with E-state index >= 15 is 0 Å². The number of carbonyl (C=O) groups excluding carboxylic acids is 1. The summed E-state index contributed by atoms with van der Waals surface area (Å²) < 4.78 is 5.51. The monoisotopic (exact) mass is 399 g/mol. The molecular weight excluding hydrogens is 374 g/mol. The molecule has 1 aromatic carbocycles.